The van der Waals surface area contributed by atoms with E-state index in [9.17, 15) is 8.42 Å². The first-order chi connectivity index (χ1) is 9.22. The molecule has 1 aliphatic rings. The van der Waals surface area contributed by atoms with Crippen LogP contribution in [0.3, 0.4) is 0 Å². The van der Waals surface area contributed by atoms with E-state index in [4.69, 9.17) is 5.73 Å². The van der Waals surface area contributed by atoms with Crippen LogP contribution in [0.5, 0.6) is 0 Å². The summed E-state index contributed by atoms with van der Waals surface area (Å²) in [6, 6.07) is 3.11. The summed E-state index contributed by atoms with van der Waals surface area (Å²) in [6.07, 6.45) is 5.25. The lowest BCUT2D eigenvalue weighted by Gasteiger charge is -2.37. The highest BCUT2D eigenvalue weighted by Gasteiger charge is 2.34. The maximum Gasteiger partial charge on any atom is 0.244 e. The number of anilines is 1. The van der Waals surface area contributed by atoms with Gasteiger partial charge >= 0.3 is 0 Å². The van der Waals surface area contributed by atoms with E-state index in [1.165, 1.54) is 22.6 Å². The first kappa shape index (κ1) is 15.3. The molecule has 0 aromatic carbocycles. The molecule has 1 fully saturated rings. The molecule has 1 aliphatic carbocycles. The van der Waals surface area contributed by atoms with E-state index in [0.29, 0.717) is 11.2 Å². The molecule has 0 saturated heterocycles. The van der Waals surface area contributed by atoms with Gasteiger partial charge in [-0.2, -0.15) is 4.31 Å². The van der Waals surface area contributed by atoms with Crippen molar-refractivity contribution < 1.29 is 8.42 Å². The zero-order valence-electron chi connectivity index (χ0n) is 12.3. The number of rotatable bonds is 3. The van der Waals surface area contributed by atoms with Gasteiger partial charge in [0.2, 0.25) is 10.0 Å². The topological polar surface area (TPSA) is 76.3 Å². The van der Waals surface area contributed by atoms with Crippen molar-refractivity contribution in [1.29, 1.82) is 0 Å². The average Bonchev–Trinajstić information content (AvgIpc) is 2.38. The molecule has 0 atom stereocenters. The van der Waals surface area contributed by atoms with Crippen molar-refractivity contribution in [2.75, 3.05) is 12.8 Å². The highest BCUT2D eigenvalue weighted by Crippen LogP contribution is 2.37. The smallest absolute Gasteiger partial charge is 0.244 e. The van der Waals surface area contributed by atoms with Crippen LogP contribution in [0.2, 0.25) is 0 Å². The van der Waals surface area contributed by atoms with Gasteiger partial charge in [-0.25, -0.2) is 13.4 Å². The molecule has 112 valence electrons. The van der Waals surface area contributed by atoms with Crippen LogP contribution in [-0.4, -0.2) is 30.8 Å². The molecule has 6 heteroatoms. The van der Waals surface area contributed by atoms with Crippen LogP contribution in [0.15, 0.2) is 23.2 Å². The van der Waals surface area contributed by atoms with Crippen molar-refractivity contribution in [2.45, 2.75) is 50.5 Å². The lowest BCUT2D eigenvalue weighted by atomic mass is 9.76. The molecule has 1 aromatic heterocycles. The van der Waals surface area contributed by atoms with Crippen molar-refractivity contribution in [2.24, 2.45) is 5.41 Å². The van der Waals surface area contributed by atoms with E-state index >= 15 is 0 Å². The van der Waals surface area contributed by atoms with Gasteiger partial charge in [-0.15, -0.1) is 0 Å². The number of pyridine rings is 1. The fraction of sp³-hybridized carbons (Fsp3) is 0.643. The van der Waals surface area contributed by atoms with Gasteiger partial charge in [0.1, 0.15) is 10.7 Å². The van der Waals surface area contributed by atoms with Crippen LogP contribution in [-0.2, 0) is 10.0 Å². The van der Waals surface area contributed by atoms with Gasteiger partial charge in [-0.3, -0.25) is 0 Å². The summed E-state index contributed by atoms with van der Waals surface area (Å²) < 4.78 is 26.6. The summed E-state index contributed by atoms with van der Waals surface area (Å²) in [4.78, 5) is 4.08. The molecular weight excluding hydrogens is 274 g/mol. The predicted octanol–water partition coefficient (Wildman–Crippen LogP) is 2.25. The van der Waals surface area contributed by atoms with Crippen molar-refractivity contribution in [1.82, 2.24) is 9.29 Å². The van der Waals surface area contributed by atoms with Gasteiger partial charge in [0.05, 0.1) is 0 Å². The molecule has 0 bridgehead atoms. The Morgan fingerprint density at radius 1 is 1.30 bits per heavy atom. The van der Waals surface area contributed by atoms with Crippen molar-refractivity contribution >= 4 is 15.8 Å². The molecule has 2 N–H and O–H groups in total. The summed E-state index contributed by atoms with van der Waals surface area (Å²) in [5.41, 5.74) is 5.82. The third kappa shape index (κ3) is 3.12. The van der Waals surface area contributed by atoms with Crippen LogP contribution < -0.4 is 5.73 Å². The van der Waals surface area contributed by atoms with Gasteiger partial charge < -0.3 is 5.73 Å². The third-order valence-electron chi connectivity index (χ3n) is 4.26. The van der Waals surface area contributed by atoms with Crippen molar-refractivity contribution in [3.8, 4) is 0 Å². The minimum Gasteiger partial charge on any atom is -0.384 e. The second-order valence-electron chi connectivity index (χ2n) is 6.34. The molecule has 20 heavy (non-hydrogen) atoms. The van der Waals surface area contributed by atoms with Gasteiger partial charge in [-0.1, -0.05) is 13.8 Å². The Hall–Kier alpha value is -1.14. The zero-order chi connectivity index (χ0) is 15.0. The second-order valence-corrected chi connectivity index (χ2v) is 8.33. The second kappa shape index (κ2) is 5.33. The molecule has 5 nitrogen and oxygen atoms in total. The summed E-state index contributed by atoms with van der Waals surface area (Å²) in [6.45, 7) is 4.48. The summed E-state index contributed by atoms with van der Waals surface area (Å²) in [5, 5.41) is 0. The molecular formula is C14H23N3O2S. The Balaban J connectivity index is 2.16. The Labute approximate surface area is 121 Å². The zero-order valence-corrected chi connectivity index (χ0v) is 13.2. The highest BCUT2D eigenvalue weighted by molar-refractivity contribution is 7.89. The SMILES string of the molecule is CN(C1CCC(C)(C)CC1)S(=O)(=O)c1ccc(N)nc1. The maximum atomic E-state index is 12.5. The fourth-order valence-electron chi connectivity index (χ4n) is 2.65. The van der Waals surface area contributed by atoms with E-state index < -0.39 is 10.0 Å². The van der Waals surface area contributed by atoms with Crippen molar-refractivity contribution in [3.63, 3.8) is 0 Å². The number of hydrogen-bond acceptors (Lipinski definition) is 4. The molecule has 0 amide bonds. The minimum atomic E-state index is -3.48. The monoisotopic (exact) mass is 297 g/mol. The normalized spacial score (nSPS) is 20.2. The molecule has 1 aromatic rings. The number of hydrogen-bond donors (Lipinski definition) is 1. The van der Waals surface area contributed by atoms with Crippen molar-refractivity contribution in [3.05, 3.63) is 18.3 Å². The Morgan fingerprint density at radius 3 is 2.40 bits per heavy atom. The number of sulfonamides is 1. The standard InChI is InChI=1S/C14H23N3O2S/c1-14(2)8-6-11(7-9-14)17(3)20(18,19)12-4-5-13(15)16-10-12/h4-5,10-11H,6-9H2,1-3H3,(H2,15,16). The molecule has 0 spiro atoms. The maximum absolute atomic E-state index is 12.5. The van der Waals surface area contributed by atoms with E-state index in [2.05, 4.69) is 18.8 Å². The van der Waals surface area contributed by atoms with E-state index in [1.807, 2.05) is 0 Å². The average molecular weight is 297 g/mol. The number of nitrogens with two attached hydrogens (primary N) is 1. The molecule has 1 heterocycles. The number of nitrogen functional groups attached to an aromatic ring is 1. The molecule has 2 rings (SSSR count). The largest absolute Gasteiger partial charge is 0.384 e. The molecule has 1 saturated carbocycles. The third-order valence-corrected chi connectivity index (χ3v) is 6.15. The van der Waals surface area contributed by atoms with Gasteiger partial charge in [0, 0.05) is 19.3 Å². The van der Waals surface area contributed by atoms with Crippen LogP contribution in [0.25, 0.3) is 0 Å². The van der Waals surface area contributed by atoms with Crippen LogP contribution >= 0.6 is 0 Å². The first-order valence-corrected chi connectivity index (χ1v) is 8.36. The van der Waals surface area contributed by atoms with E-state index in [1.54, 1.807) is 7.05 Å². The van der Waals surface area contributed by atoms with Gasteiger partial charge in [0.25, 0.3) is 0 Å². The summed E-state index contributed by atoms with van der Waals surface area (Å²) in [5.74, 6) is 0.325. The Morgan fingerprint density at radius 2 is 1.90 bits per heavy atom. The molecule has 0 radical (unpaired) electrons. The van der Waals surface area contributed by atoms with Crippen LogP contribution in [0, 0.1) is 5.41 Å². The fourth-order valence-corrected chi connectivity index (χ4v) is 4.02. The first-order valence-electron chi connectivity index (χ1n) is 6.92. The van der Waals surface area contributed by atoms with Crippen LogP contribution in [0.1, 0.15) is 39.5 Å². The van der Waals surface area contributed by atoms with E-state index in [-0.39, 0.29) is 10.9 Å². The predicted molar refractivity (Wildman–Crippen MR) is 79.6 cm³/mol. The van der Waals surface area contributed by atoms with Gasteiger partial charge in [0.15, 0.2) is 0 Å². The summed E-state index contributed by atoms with van der Waals surface area (Å²) >= 11 is 0. The molecule has 0 unspecified atom stereocenters. The lowest BCUT2D eigenvalue weighted by molar-refractivity contribution is 0.174. The summed E-state index contributed by atoms with van der Waals surface area (Å²) in [7, 11) is -1.82. The molecule has 0 aliphatic heterocycles. The highest BCUT2D eigenvalue weighted by atomic mass is 32.2. The minimum absolute atomic E-state index is 0.0746. The van der Waals surface area contributed by atoms with E-state index in [0.717, 1.165) is 25.7 Å². The lowest BCUT2D eigenvalue weighted by Crippen LogP contribution is -2.40. The number of nitrogens with zero attached hydrogens (tertiary/aromatic N) is 2. The van der Waals surface area contributed by atoms with Crippen LogP contribution in [0.4, 0.5) is 5.82 Å². The quantitative estimate of drug-likeness (QED) is 0.928. The van der Waals surface area contributed by atoms with Gasteiger partial charge in [-0.05, 0) is 43.2 Å². The number of aromatic nitrogens is 1. The Kier molecular flexibility index (Phi) is 4.07. The Bertz CT molecular complexity index is 557.